The third kappa shape index (κ3) is 3.57. The normalized spacial score (nSPS) is 18.9. The Balaban J connectivity index is 1.72. The van der Waals surface area contributed by atoms with E-state index in [-0.39, 0.29) is 10.8 Å². The highest BCUT2D eigenvalue weighted by molar-refractivity contribution is 7.89. The van der Waals surface area contributed by atoms with Crippen LogP contribution in [0.15, 0.2) is 23.1 Å². The van der Waals surface area contributed by atoms with E-state index in [9.17, 15) is 13.2 Å². The van der Waals surface area contributed by atoms with Gasteiger partial charge in [-0.15, -0.1) is 0 Å². The number of ether oxygens (including phenoxy) is 1. The lowest BCUT2D eigenvalue weighted by Gasteiger charge is -2.22. The molecular formula is C16H22N2O4S. The summed E-state index contributed by atoms with van der Waals surface area (Å²) in [5, 5.41) is 0. The van der Waals surface area contributed by atoms with Crippen molar-refractivity contribution in [1.29, 1.82) is 0 Å². The summed E-state index contributed by atoms with van der Waals surface area (Å²) < 4.78 is 32.9. The first-order valence-electron chi connectivity index (χ1n) is 7.96. The molecule has 23 heavy (non-hydrogen) atoms. The van der Waals surface area contributed by atoms with E-state index >= 15 is 0 Å². The summed E-state index contributed by atoms with van der Waals surface area (Å²) in [6.07, 6.45) is 2.47. The van der Waals surface area contributed by atoms with Crippen LogP contribution in [0.2, 0.25) is 0 Å². The molecule has 0 unspecified atom stereocenters. The molecule has 0 atom stereocenters. The highest BCUT2D eigenvalue weighted by Gasteiger charge is 2.25. The van der Waals surface area contributed by atoms with Gasteiger partial charge in [0.05, 0.1) is 4.90 Å². The van der Waals surface area contributed by atoms with Crippen LogP contribution in [0.5, 0.6) is 0 Å². The molecule has 0 radical (unpaired) electrons. The van der Waals surface area contributed by atoms with Gasteiger partial charge in [-0.2, -0.15) is 0 Å². The first kappa shape index (κ1) is 16.4. The van der Waals surface area contributed by atoms with Gasteiger partial charge in [0.1, 0.15) is 0 Å². The summed E-state index contributed by atoms with van der Waals surface area (Å²) in [6.45, 7) is 3.99. The maximum absolute atomic E-state index is 12.5. The van der Waals surface area contributed by atoms with Gasteiger partial charge in [-0.3, -0.25) is 4.79 Å². The maximum Gasteiger partial charge on any atom is 0.240 e. The number of nitrogens with one attached hydrogen (secondary N) is 1. The molecule has 3 rings (SSSR count). The van der Waals surface area contributed by atoms with Gasteiger partial charge < -0.3 is 9.64 Å². The molecule has 126 valence electrons. The standard InChI is InChI=1S/C16H22N2O4S/c1-12(19)18-7-4-14-10-15(2-3-16(14)18)23(20,21)17-11-13-5-8-22-9-6-13/h2-3,10,13,17H,4-9,11H2,1H3. The highest BCUT2D eigenvalue weighted by atomic mass is 32.2. The molecule has 0 aromatic heterocycles. The molecule has 0 bridgehead atoms. The molecule has 0 aliphatic carbocycles. The van der Waals surface area contributed by atoms with E-state index in [0.29, 0.717) is 38.6 Å². The molecule has 0 spiro atoms. The van der Waals surface area contributed by atoms with E-state index in [0.717, 1.165) is 24.1 Å². The minimum atomic E-state index is -3.51. The molecule has 2 heterocycles. The minimum absolute atomic E-state index is 0.0167. The Kier molecular flexibility index (Phi) is 4.70. The number of anilines is 1. The van der Waals surface area contributed by atoms with E-state index in [1.54, 1.807) is 23.1 Å². The third-order valence-corrected chi connectivity index (χ3v) is 5.96. The van der Waals surface area contributed by atoms with E-state index in [1.165, 1.54) is 6.92 Å². The Labute approximate surface area is 136 Å². The van der Waals surface area contributed by atoms with Crippen LogP contribution in [0.25, 0.3) is 0 Å². The van der Waals surface area contributed by atoms with Gasteiger partial charge in [-0.1, -0.05) is 0 Å². The molecule has 1 saturated heterocycles. The van der Waals surface area contributed by atoms with Gasteiger partial charge in [0.2, 0.25) is 15.9 Å². The molecule has 2 aliphatic heterocycles. The van der Waals surface area contributed by atoms with Crippen molar-refractivity contribution in [1.82, 2.24) is 4.72 Å². The van der Waals surface area contributed by atoms with Crippen molar-refractivity contribution < 1.29 is 17.9 Å². The molecule has 1 aromatic rings. The monoisotopic (exact) mass is 338 g/mol. The largest absolute Gasteiger partial charge is 0.381 e. The fraction of sp³-hybridized carbons (Fsp3) is 0.562. The molecule has 0 saturated carbocycles. The Morgan fingerprint density at radius 1 is 1.35 bits per heavy atom. The van der Waals surface area contributed by atoms with Crippen LogP contribution < -0.4 is 9.62 Å². The van der Waals surface area contributed by atoms with Gasteiger partial charge >= 0.3 is 0 Å². The Morgan fingerprint density at radius 2 is 2.09 bits per heavy atom. The van der Waals surface area contributed by atoms with Crippen molar-refractivity contribution >= 4 is 21.6 Å². The number of carbonyl (C=O) groups is 1. The molecule has 6 nitrogen and oxygen atoms in total. The molecule has 1 amide bonds. The molecule has 1 fully saturated rings. The summed E-state index contributed by atoms with van der Waals surface area (Å²) in [5.41, 5.74) is 1.73. The molecular weight excluding hydrogens is 316 g/mol. The number of amides is 1. The fourth-order valence-electron chi connectivity index (χ4n) is 3.13. The van der Waals surface area contributed by atoms with Gasteiger partial charge in [0.25, 0.3) is 0 Å². The van der Waals surface area contributed by atoms with Gasteiger partial charge in [0, 0.05) is 38.9 Å². The van der Waals surface area contributed by atoms with Crippen LogP contribution in [-0.2, 0) is 26.0 Å². The van der Waals surface area contributed by atoms with E-state index in [2.05, 4.69) is 4.72 Å². The van der Waals surface area contributed by atoms with Crippen molar-refractivity contribution in [2.45, 2.75) is 31.1 Å². The third-order valence-electron chi connectivity index (χ3n) is 4.54. The number of hydrogen-bond acceptors (Lipinski definition) is 4. The molecule has 1 N–H and O–H groups in total. The molecule has 7 heteroatoms. The average Bonchev–Trinajstić information content (AvgIpc) is 2.97. The number of carbonyl (C=O) groups excluding carboxylic acids is 1. The summed E-state index contributed by atoms with van der Waals surface area (Å²) in [5.74, 6) is 0.318. The van der Waals surface area contributed by atoms with Gasteiger partial charge in [-0.05, 0) is 48.9 Å². The van der Waals surface area contributed by atoms with Crippen LogP contribution in [0.1, 0.15) is 25.3 Å². The van der Waals surface area contributed by atoms with Gasteiger partial charge in [0.15, 0.2) is 0 Å². The quantitative estimate of drug-likeness (QED) is 0.898. The number of nitrogens with zero attached hydrogens (tertiary/aromatic N) is 1. The zero-order valence-electron chi connectivity index (χ0n) is 13.2. The van der Waals surface area contributed by atoms with Crippen molar-refractivity contribution in [3.63, 3.8) is 0 Å². The number of hydrogen-bond donors (Lipinski definition) is 1. The maximum atomic E-state index is 12.5. The first-order chi connectivity index (χ1) is 11.0. The topological polar surface area (TPSA) is 75.7 Å². The lowest BCUT2D eigenvalue weighted by atomic mass is 10.0. The lowest BCUT2D eigenvalue weighted by Crippen LogP contribution is -2.32. The van der Waals surface area contributed by atoms with E-state index in [4.69, 9.17) is 4.74 Å². The van der Waals surface area contributed by atoms with Crippen LogP contribution in [0, 0.1) is 5.92 Å². The lowest BCUT2D eigenvalue weighted by molar-refractivity contribution is -0.116. The predicted molar refractivity (Wildman–Crippen MR) is 86.9 cm³/mol. The van der Waals surface area contributed by atoms with E-state index in [1.807, 2.05) is 0 Å². The van der Waals surface area contributed by atoms with Crippen molar-refractivity contribution in [3.8, 4) is 0 Å². The predicted octanol–water partition coefficient (Wildman–Crippen LogP) is 1.30. The summed E-state index contributed by atoms with van der Waals surface area (Å²) in [7, 11) is -3.51. The number of rotatable bonds is 4. The van der Waals surface area contributed by atoms with Gasteiger partial charge in [-0.25, -0.2) is 13.1 Å². The SMILES string of the molecule is CC(=O)N1CCc2cc(S(=O)(=O)NCC3CCOCC3)ccc21. The van der Waals surface area contributed by atoms with Crippen LogP contribution >= 0.6 is 0 Å². The number of benzene rings is 1. The molecule has 2 aliphatic rings. The fourth-order valence-corrected chi connectivity index (χ4v) is 4.30. The highest BCUT2D eigenvalue weighted by Crippen LogP contribution is 2.30. The minimum Gasteiger partial charge on any atom is -0.381 e. The second-order valence-corrected chi connectivity index (χ2v) is 7.89. The molecule has 1 aromatic carbocycles. The first-order valence-corrected chi connectivity index (χ1v) is 9.44. The zero-order chi connectivity index (χ0) is 16.4. The smallest absolute Gasteiger partial charge is 0.240 e. The number of sulfonamides is 1. The Morgan fingerprint density at radius 3 is 2.78 bits per heavy atom. The Bertz CT molecular complexity index is 696. The van der Waals surface area contributed by atoms with Crippen LogP contribution in [0.4, 0.5) is 5.69 Å². The summed E-state index contributed by atoms with van der Waals surface area (Å²) in [6, 6.07) is 4.99. The van der Waals surface area contributed by atoms with Crippen LogP contribution in [0.3, 0.4) is 0 Å². The second kappa shape index (κ2) is 6.59. The van der Waals surface area contributed by atoms with Crippen LogP contribution in [-0.4, -0.2) is 40.6 Å². The second-order valence-electron chi connectivity index (χ2n) is 6.12. The zero-order valence-corrected chi connectivity index (χ0v) is 14.1. The van der Waals surface area contributed by atoms with Crippen molar-refractivity contribution in [2.75, 3.05) is 31.2 Å². The van der Waals surface area contributed by atoms with Crippen molar-refractivity contribution in [2.24, 2.45) is 5.92 Å². The number of fused-ring (bicyclic) bond motifs is 1. The van der Waals surface area contributed by atoms with Crippen molar-refractivity contribution in [3.05, 3.63) is 23.8 Å². The summed E-state index contributed by atoms with van der Waals surface area (Å²) in [4.78, 5) is 13.5. The van der Waals surface area contributed by atoms with E-state index < -0.39 is 10.0 Å². The summed E-state index contributed by atoms with van der Waals surface area (Å²) >= 11 is 0. The Hall–Kier alpha value is -1.44. The average molecular weight is 338 g/mol.